The van der Waals surface area contributed by atoms with E-state index in [4.69, 9.17) is 11.6 Å². The molecule has 17 heavy (non-hydrogen) atoms. The summed E-state index contributed by atoms with van der Waals surface area (Å²) in [5.41, 5.74) is 0.982. The first-order chi connectivity index (χ1) is 8.09. The highest BCUT2D eigenvalue weighted by atomic mass is 35.5. The molecule has 0 bridgehead atoms. The molecular formula is C13H20ClN3. The van der Waals surface area contributed by atoms with Gasteiger partial charge in [-0.3, -0.25) is 0 Å². The topological polar surface area (TPSA) is 29.0 Å². The zero-order chi connectivity index (χ0) is 12.4. The first-order valence-corrected chi connectivity index (χ1v) is 6.67. The Bertz CT molecular complexity index is 386. The van der Waals surface area contributed by atoms with Gasteiger partial charge in [-0.15, -0.1) is 0 Å². The standard InChI is InChI=1S/C13H20ClN3/c1-9-4-6-11(7-5-9)17(3)13-10(2)12(14)15-8-16-13/h8-9,11H,4-7H2,1-3H3. The zero-order valence-corrected chi connectivity index (χ0v) is 11.5. The fourth-order valence-corrected chi connectivity index (χ4v) is 2.71. The molecule has 1 aromatic rings. The lowest BCUT2D eigenvalue weighted by Gasteiger charge is -2.35. The minimum Gasteiger partial charge on any atom is -0.356 e. The highest BCUT2D eigenvalue weighted by molar-refractivity contribution is 6.30. The Morgan fingerprint density at radius 1 is 1.24 bits per heavy atom. The van der Waals surface area contributed by atoms with Crippen molar-refractivity contribution < 1.29 is 0 Å². The van der Waals surface area contributed by atoms with E-state index in [0.717, 1.165) is 17.3 Å². The van der Waals surface area contributed by atoms with Crippen LogP contribution in [0.4, 0.5) is 5.82 Å². The normalized spacial score (nSPS) is 24.7. The number of aromatic nitrogens is 2. The van der Waals surface area contributed by atoms with Crippen molar-refractivity contribution in [2.24, 2.45) is 5.92 Å². The molecule has 0 aromatic carbocycles. The van der Waals surface area contributed by atoms with E-state index in [1.54, 1.807) is 6.33 Å². The number of nitrogens with zero attached hydrogens (tertiary/aromatic N) is 3. The van der Waals surface area contributed by atoms with Gasteiger partial charge in [-0.05, 0) is 38.5 Å². The van der Waals surface area contributed by atoms with Crippen molar-refractivity contribution in [2.45, 2.75) is 45.6 Å². The summed E-state index contributed by atoms with van der Waals surface area (Å²) in [6.45, 7) is 4.32. The highest BCUT2D eigenvalue weighted by Gasteiger charge is 2.23. The average Bonchev–Trinajstić information content (AvgIpc) is 2.33. The van der Waals surface area contributed by atoms with Crippen molar-refractivity contribution in [3.05, 3.63) is 17.0 Å². The number of hydrogen-bond donors (Lipinski definition) is 0. The second kappa shape index (κ2) is 5.21. The van der Waals surface area contributed by atoms with Gasteiger partial charge >= 0.3 is 0 Å². The van der Waals surface area contributed by atoms with E-state index >= 15 is 0 Å². The molecule has 3 nitrogen and oxygen atoms in total. The number of halogens is 1. The van der Waals surface area contributed by atoms with E-state index in [-0.39, 0.29) is 0 Å². The van der Waals surface area contributed by atoms with Gasteiger partial charge in [0, 0.05) is 18.7 Å². The molecule has 0 saturated heterocycles. The van der Waals surface area contributed by atoms with Crippen LogP contribution in [-0.2, 0) is 0 Å². The smallest absolute Gasteiger partial charge is 0.137 e. The van der Waals surface area contributed by atoms with Crippen molar-refractivity contribution in [2.75, 3.05) is 11.9 Å². The Morgan fingerprint density at radius 3 is 2.53 bits per heavy atom. The summed E-state index contributed by atoms with van der Waals surface area (Å²) >= 11 is 6.04. The zero-order valence-electron chi connectivity index (χ0n) is 10.8. The maximum absolute atomic E-state index is 6.04. The van der Waals surface area contributed by atoms with E-state index in [2.05, 4.69) is 28.8 Å². The molecule has 1 aromatic heterocycles. The lowest BCUT2D eigenvalue weighted by Crippen LogP contribution is -2.35. The van der Waals surface area contributed by atoms with Crippen LogP contribution in [0.25, 0.3) is 0 Å². The predicted molar refractivity (Wildman–Crippen MR) is 71.6 cm³/mol. The fraction of sp³-hybridized carbons (Fsp3) is 0.692. The molecule has 0 unspecified atom stereocenters. The van der Waals surface area contributed by atoms with E-state index in [1.807, 2.05) is 6.92 Å². The molecular weight excluding hydrogens is 234 g/mol. The molecule has 4 heteroatoms. The number of rotatable bonds is 2. The van der Waals surface area contributed by atoms with E-state index in [1.165, 1.54) is 25.7 Å². The molecule has 2 rings (SSSR count). The van der Waals surface area contributed by atoms with Crippen LogP contribution in [0.1, 0.15) is 38.2 Å². The summed E-state index contributed by atoms with van der Waals surface area (Å²) in [4.78, 5) is 10.6. The Kier molecular flexibility index (Phi) is 3.87. The molecule has 1 saturated carbocycles. The Hall–Kier alpha value is -0.830. The molecule has 1 aliphatic rings. The molecule has 0 amide bonds. The SMILES string of the molecule is Cc1c(Cl)ncnc1N(C)C1CCC(C)CC1. The van der Waals surface area contributed by atoms with Crippen LogP contribution < -0.4 is 4.90 Å². The van der Waals surface area contributed by atoms with Gasteiger partial charge in [0.1, 0.15) is 17.3 Å². The Balaban J connectivity index is 2.14. The summed E-state index contributed by atoms with van der Waals surface area (Å²) in [5.74, 6) is 1.85. The van der Waals surface area contributed by atoms with Gasteiger partial charge in [-0.1, -0.05) is 18.5 Å². The largest absolute Gasteiger partial charge is 0.356 e. The number of hydrogen-bond acceptors (Lipinski definition) is 3. The first-order valence-electron chi connectivity index (χ1n) is 6.29. The van der Waals surface area contributed by atoms with Crippen LogP contribution in [0.3, 0.4) is 0 Å². The Labute approximate surface area is 108 Å². The Morgan fingerprint density at radius 2 is 1.88 bits per heavy atom. The summed E-state index contributed by atoms with van der Waals surface area (Å²) in [6.07, 6.45) is 6.67. The number of anilines is 1. The molecule has 94 valence electrons. The fourth-order valence-electron chi connectivity index (χ4n) is 2.58. The summed E-state index contributed by atoms with van der Waals surface area (Å²) in [7, 11) is 2.12. The van der Waals surface area contributed by atoms with E-state index in [0.29, 0.717) is 11.2 Å². The lowest BCUT2D eigenvalue weighted by atomic mass is 9.87. The third kappa shape index (κ3) is 2.71. The molecule has 1 fully saturated rings. The third-order valence-corrected chi connectivity index (χ3v) is 4.24. The first kappa shape index (κ1) is 12.6. The molecule has 0 radical (unpaired) electrons. The van der Waals surface area contributed by atoms with Gasteiger partial charge < -0.3 is 4.90 Å². The molecule has 0 atom stereocenters. The molecule has 0 spiro atoms. The second-order valence-electron chi connectivity index (χ2n) is 5.14. The predicted octanol–water partition coefficient (Wildman–Crippen LogP) is 3.45. The van der Waals surface area contributed by atoms with Gasteiger partial charge in [-0.2, -0.15) is 0 Å². The van der Waals surface area contributed by atoms with Crippen molar-refractivity contribution in [1.29, 1.82) is 0 Å². The quantitative estimate of drug-likeness (QED) is 0.756. The van der Waals surface area contributed by atoms with Crippen LogP contribution in [0.15, 0.2) is 6.33 Å². The summed E-state index contributed by atoms with van der Waals surface area (Å²) in [6, 6.07) is 0.593. The van der Waals surface area contributed by atoms with Crippen molar-refractivity contribution >= 4 is 17.4 Å². The van der Waals surface area contributed by atoms with Crippen LogP contribution in [0.2, 0.25) is 5.15 Å². The average molecular weight is 254 g/mol. The second-order valence-corrected chi connectivity index (χ2v) is 5.50. The minimum absolute atomic E-state index is 0.561. The van der Waals surface area contributed by atoms with Gasteiger partial charge in [0.05, 0.1) is 0 Å². The highest BCUT2D eigenvalue weighted by Crippen LogP contribution is 2.30. The molecule has 1 heterocycles. The molecule has 0 aliphatic heterocycles. The van der Waals surface area contributed by atoms with E-state index in [9.17, 15) is 0 Å². The summed E-state index contributed by atoms with van der Waals surface area (Å²) in [5, 5.41) is 0.561. The van der Waals surface area contributed by atoms with Gasteiger partial charge in [-0.25, -0.2) is 9.97 Å². The van der Waals surface area contributed by atoms with Crippen molar-refractivity contribution in [1.82, 2.24) is 9.97 Å². The van der Waals surface area contributed by atoms with Crippen molar-refractivity contribution in [3.8, 4) is 0 Å². The third-order valence-electron chi connectivity index (χ3n) is 3.86. The van der Waals surface area contributed by atoms with Gasteiger partial charge in [0.15, 0.2) is 0 Å². The maximum Gasteiger partial charge on any atom is 0.137 e. The van der Waals surface area contributed by atoms with E-state index < -0.39 is 0 Å². The van der Waals surface area contributed by atoms with Gasteiger partial charge in [0.25, 0.3) is 0 Å². The lowest BCUT2D eigenvalue weighted by molar-refractivity contribution is 0.339. The molecule has 1 aliphatic carbocycles. The van der Waals surface area contributed by atoms with Crippen LogP contribution in [0, 0.1) is 12.8 Å². The van der Waals surface area contributed by atoms with Crippen molar-refractivity contribution in [3.63, 3.8) is 0 Å². The monoisotopic (exact) mass is 253 g/mol. The van der Waals surface area contributed by atoms with Crippen LogP contribution in [0.5, 0.6) is 0 Å². The maximum atomic E-state index is 6.04. The molecule has 0 N–H and O–H groups in total. The van der Waals surface area contributed by atoms with Gasteiger partial charge in [0.2, 0.25) is 0 Å². The minimum atomic E-state index is 0.561. The van der Waals surface area contributed by atoms with Crippen LogP contribution in [-0.4, -0.2) is 23.1 Å². The van der Waals surface area contributed by atoms with Crippen LogP contribution >= 0.6 is 11.6 Å². The summed E-state index contributed by atoms with van der Waals surface area (Å²) < 4.78 is 0.